The van der Waals surface area contributed by atoms with Crippen LogP contribution in [0.15, 0.2) is 0 Å². The first-order valence-electron chi connectivity index (χ1n) is 5.57. The lowest BCUT2D eigenvalue weighted by Crippen LogP contribution is -2.33. The van der Waals surface area contributed by atoms with Crippen molar-refractivity contribution in [1.29, 1.82) is 0 Å². The van der Waals surface area contributed by atoms with Crippen LogP contribution in [0.25, 0.3) is 0 Å². The van der Waals surface area contributed by atoms with Crippen molar-refractivity contribution in [2.45, 2.75) is 58.6 Å². The number of rotatable bonds is 5. The number of amides is 1. The normalized spacial score (nSPS) is 13.4. The van der Waals surface area contributed by atoms with Crippen molar-refractivity contribution in [3.05, 3.63) is 0 Å². The minimum absolute atomic E-state index is 0.241. The first kappa shape index (κ1) is 14.2. The molecule has 0 aromatic rings. The van der Waals surface area contributed by atoms with Crippen LogP contribution in [0.1, 0.15) is 47.0 Å². The zero-order valence-electron chi connectivity index (χ0n) is 10.3. The number of carbonyl (C=O) groups excluding carboxylic acids is 1. The SMILES string of the molecule is CCC(N)CCCNC(=O)OC(C)(C)C. The van der Waals surface area contributed by atoms with Gasteiger partial charge >= 0.3 is 6.09 Å². The molecule has 4 heteroatoms. The van der Waals surface area contributed by atoms with E-state index in [9.17, 15) is 4.79 Å². The van der Waals surface area contributed by atoms with Gasteiger partial charge in [0.05, 0.1) is 0 Å². The fraction of sp³-hybridized carbons (Fsp3) is 0.909. The van der Waals surface area contributed by atoms with Gasteiger partial charge in [0.25, 0.3) is 0 Å². The van der Waals surface area contributed by atoms with Crippen LogP contribution < -0.4 is 11.1 Å². The summed E-state index contributed by atoms with van der Waals surface area (Å²) in [6, 6.07) is 0.241. The quantitative estimate of drug-likeness (QED) is 0.691. The average Bonchev–Trinajstić information content (AvgIpc) is 2.09. The molecule has 0 heterocycles. The summed E-state index contributed by atoms with van der Waals surface area (Å²) in [5.74, 6) is 0. The first-order valence-corrected chi connectivity index (χ1v) is 5.57. The number of carbonyl (C=O) groups is 1. The molecule has 0 spiro atoms. The first-order chi connectivity index (χ1) is 6.85. The van der Waals surface area contributed by atoms with Gasteiger partial charge in [-0.3, -0.25) is 0 Å². The van der Waals surface area contributed by atoms with Crippen LogP contribution >= 0.6 is 0 Å². The zero-order valence-corrected chi connectivity index (χ0v) is 10.3. The van der Waals surface area contributed by atoms with E-state index in [0.29, 0.717) is 6.54 Å². The van der Waals surface area contributed by atoms with Gasteiger partial charge in [-0.25, -0.2) is 4.79 Å². The number of alkyl carbamates (subject to hydrolysis) is 1. The Kier molecular flexibility index (Phi) is 6.32. The molecule has 0 fully saturated rings. The number of nitrogens with one attached hydrogen (secondary N) is 1. The van der Waals surface area contributed by atoms with Gasteiger partial charge in [-0.1, -0.05) is 6.92 Å². The van der Waals surface area contributed by atoms with E-state index in [1.807, 2.05) is 20.8 Å². The highest BCUT2D eigenvalue weighted by Crippen LogP contribution is 2.06. The molecule has 0 radical (unpaired) electrons. The Labute approximate surface area is 92.6 Å². The van der Waals surface area contributed by atoms with E-state index in [2.05, 4.69) is 12.2 Å². The summed E-state index contributed by atoms with van der Waals surface area (Å²) in [6.07, 6.45) is 2.46. The van der Waals surface area contributed by atoms with Crippen molar-refractivity contribution in [1.82, 2.24) is 5.32 Å². The van der Waals surface area contributed by atoms with Crippen LogP contribution in [-0.2, 0) is 4.74 Å². The van der Waals surface area contributed by atoms with Gasteiger partial charge in [0.15, 0.2) is 0 Å². The molecule has 0 aliphatic heterocycles. The molecule has 3 N–H and O–H groups in total. The van der Waals surface area contributed by atoms with Gasteiger partial charge in [-0.05, 0) is 40.0 Å². The Bertz CT molecular complexity index is 188. The second-order valence-corrected chi connectivity index (χ2v) is 4.74. The van der Waals surface area contributed by atoms with Gasteiger partial charge in [0.1, 0.15) is 5.60 Å². The molecule has 0 saturated heterocycles. The van der Waals surface area contributed by atoms with Crippen LogP contribution in [0.5, 0.6) is 0 Å². The Morgan fingerprint density at radius 1 is 1.47 bits per heavy atom. The zero-order chi connectivity index (χ0) is 11.9. The second kappa shape index (κ2) is 6.67. The molecule has 0 aromatic heterocycles. The predicted molar refractivity (Wildman–Crippen MR) is 61.7 cm³/mol. The molecule has 0 aromatic carbocycles. The molecular formula is C11H24N2O2. The van der Waals surface area contributed by atoms with Gasteiger partial charge in [0, 0.05) is 12.6 Å². The van der Waals surface area contributed by atoms with Crippen LogP contribution in [-0.4, -0.2) is 24.3 Å². The van der Waals surface area contributed by atoms with Crippen LogP contribution in [0.4, 0.5) is 4.79 Å². The molecule has 90 valence electrons. The fourth-order valence-electron chi connectivity index (χ4n) is 1.07. The average molecular weight is 216 g/mol. The van der Waals surface area contributed by atoms with E-state index in [4.69, 9.17) is 10.5 Å². The van der Waals surface area contributed by atoms with Crippen LogP contribution in [0.2, 0.25) is 0 Å². The van der Waals surface area contributed by atoms with E-state index in [-0.39, 0.29) is 12.1 Å². The maximum Gasteiger partial charge on any atom is 0.407 e. The van der Waals surface area contributed by atoms with Crippen LogP contribution in [0, 0.1) is 0 Å². The van der Waals surface area contributed by atoms with Crippen molar-refractivity contribution in [2.75, 3.05) is 6.54 Å². The third kappa shape index (κ3) is 9.53. The van der Waals surface area contributed by atoms with Gasteiger partial charge in [-0.2, -0.15) is 0 Å². The van der Waals surface area contributed by atoms with Crippen molar-refractivity contribution < 1.29 is 9.53 Å². The number of nitrogens with two attached hydrogens (primary N) is 1. The van der Waals surface area contributed by atoms with Crippen molar-refractivity contribution >= 4 is 6.09 Å². The second-order valence-electron chi connectivity index (χ2n) is 4.74. The molecule has 1 unspecified atom stereocenters. The fourth-order valence-corrected chi connectivity index (χ4v) is 1.07. The molecule has 0 rings (SSSR count). The summed E-state index contributed by atoms with van der Waals surface area (Å²) in [5.41, 5.74) is 5.32. The number of hydrogen-bond donors (Lipinski definition) is 2. The summed E-state index contributed by atoms with van der Waals surface area (Å²) in [7, 11) is 0. The summed E-state index contributed by atoms with van der Waals surface area (Å²) in [5, 5.41) is 2.70. The Morgan fingerprint density at radius 3 is 2.53 bits per heavy atom. The van der Waals surface area contributed by atoms with E-state index in [1.54, 1.807) is 0 Å². The molecule has 4 nitrogen and oxygen atoms in total. The summed E-state index contributed by atoms with van der Waals surface area (Å²) in [6.45, 7) is 8.23. The summed E-state index contributed by atoms with van der Waals surface area (Å²) < 4.78 is 5.09. The molecule has 0 aliphatic rings. The lowest BCUT2D eigenvalue weighted by Gasteiger charge is -2.19. The standard InChI is InChI=1S/C11H24N2O2/c1-5-9(12)7-6-8-13-10(14)15-11(2,3)4/h9H,5-8,12H2,1-4H3,(H,13,14). The van der Waals surface area contributed by atoms with E-state index >= 15 is 0 Å². The smallest absolute Gasteiger partial charge is 0.407 e. The minimum atomic E-state index is -0.427. The molecule has 1 amide bonds. The summed E-state index contributed by atoms with van der Waals surface area (Å²) in [4.78, 5) is 11.2. The topological polar surface area (TPSA) is 64.3 Å². The van der Waals surface area contributed by atoms with E-state index < -0.39 is 5.60 Å². The molecule has 0 saturated carbocycles. The van der Waals surface area contributed by atoms with Crippen molar-refractivity contribution in [2.24, 2.45) is 5.73 Å². The molecular weight excluding hydrogens is 192 g/mol. The minimum Gasteiger partial charge on any atom is -0.444 e. The Hall–Kier alpha value is -0.770. The maximum absolute atomic E-state index is 11.2. The predicted octanol–water partition coefficient (Wildman–Crippen LogP) is 2.03. The molecule has 1 atom stereocenters. The molecule has 0 bridgehead atoms. The summed E-state index contributed by atoms with van der Waals surface area (Å²) >= 11 is 0. The third-order valence-corrected chi connectivity index (χ3v) is 1.94. The Balaban J connectivity index is 3.48. The van der Waals surface area contributed by atoms with Gasteiger partial charge in [-0.15, -0.1) is 0 Å². The van der Waals surface area contributed by atoms with Crippen molar-refractivity contribution in [3.63, 3.8) is 0 Å². The highest BCUT2D eigenvalue weighted by Gasteiger charge is 2.15. The molecule has 0 aliphatic carbocycles. The van der Waals surface area contributed by atoms with Crippen molar-refractivity contribution in [3.8, 4) is 0 Å². The monoisotopic (exact) mass is 216 g/mol. The van der Waals surface area contributed by atoms with Crippen LogP contribution in [0.3, 0.4) is 0 Å². The largest absolute Gasteiger partial charge is 0.444 e. The number of ether oxygens (including phenoxy) is 1. The lowest BCUT2D eigenvalue weighted by atomic mass is 10.1. The molecule has 15 heavy (non-hydrogen) atoms. The van der Waals surface area contributed by atoms with E-state index in [0.717, 1.165) is 19.3 Å². The maximum atomic E-state index is 11.2. The van der Waals surface area contributed by atoms with Gasteiger partial charge < -0.3 is 15.8 Å². The lowest BCUT2D eigenvalue weighted by molar-refractivity contribution is 0.0526. The highest BCUT2D eigenvalue weighted by molar-refractivity contribution is 5.67. The third-order valence-electron chi connectivity index (χ3n) is 1.94. The van der Waals surface area contributed by atoms with E-state index in [1.165, 1.54) is 0 Å². The highest BCUT2D eigenvalue weighted by atomic mass is 16.6. The number of hydrogen-bond acceptors (Lipinski definition) is 3. The van der Waals surface area contributed by atoms with Gasteiger partial charge in [0.2, 0.25) is 0 Å². The Morgan fingerprint density at radius 2 is 2.07 bits per heavy atom.